The van der Waals surface area contributed by atoms with Crippen molar-refractivity contribution < 1.29 is 18.0 Å². The number of alkyl halides is 3. The van der Waals surface area contributed by atoms with Crippen molar-refractivity contribution in [2.45, 2.75) is 6.18 Å². The Kier molecular flexibility index (Phi) is 3.83. The summed E-state index contributed by atoms with van der Waals surface area (Å²) < 4.78 is 37.1. The summed E-state index contributed by atoms with van der Waals surface area (Å²) in [5, 5.41) is 2.28. The molecule has 0 aromatic heterocycles. The molecule has 1 amide bonds. The molecule has 0 heterocycles. The molecule has 0 aliphatic heterocycles. The van der Waals surface area contributed by atoms with Crippen LogP contribution in [0.4, 0.5) is 13.2 Å². The van der Waals surface area contributed by atoms with Gasteiger partial charge in [0.25, 0.3) is 5.91 Å². The van der Waals surface area contributed by atoms with Crippen molar-refractivity contribution in [3.05, 3.63) is 40.9 Å². The normalized spacial score (nSPS) is 11.1. The first-order valence-electron chi connectivity index (χ1n) is 4.55. The van der Waals surface area contributed by atoms with Gasteiger partial charge in [-0.15, -0.1) is 0 Å². The third-order valence-electron chi connectivity index (χ3n) is 2.13. The molecule has 92 valence electrons. The molecule has 0 unspecified atom stereocenters. The molecule has 0 radical (unpaired) electrons. The van der Waals surface area contributed by atoms with E-state index in [4.69, 9.17) is 11.6 Å². The fraction of sp³-hybridized carbons (Fsp3) is 0.182. The maximum absolute atomic E-state index is 12.4. The van der Waals surface area contributed by atoms with Gasteiger partial charge in [-0.1, -0.05) is 24.2 Å². The van der Waals surface area contributed by atoms with E-state index in [9.17, 15) is 18.0 Å². The predicted octanol–water partition coefficient (Wildman–Crippen LogP) is 3.28. The van der Waals surface area contributed by atoms with Crippen molar-refractivity contribution in [1.82, 2.24) is 5.32 Å². The van der Waals surface area contributed by atoms with Gasteiger partial charge in [-0.25, -0.2) is 0 Å². The average Bonchev–Trinajstić information content (AvgIpc) is 2.25. The summed E-state index contributed by atoms with van der Waals surface area (Å²) >= 11 is 5.73. The van der Waals surface area contributed by atoms with Crippen LogP contribution < -0.4 is 5.32 Å². The molecule has 0 aliphatic carbocycles. The zero-order valence-corrected chi connectivity index (χ0v) is 9.62. The van der Waals surface area contributed by atoms with Crippen LogP contribution in [0.2, 0.25) is 5.02 Å². The molecule has 0 saturated heterocycles. The SMILES string of the molecule is C=C(c1ccc(C(=O)NC)c(Cl)c1)C(F)(F)F. The molecular weight excluding hydrogens is 255 g/mol. The lowest BCUT2D eigenvalue weighted by Gasteiger charge is -2.11. The Hall–Kier alpha value is -1.49. The summed E-state index contributed by atoms with van der Waals surface area (Å²) in [6.07, 6.45) is -4.52. The molecule has 1 aromatic rings. The number of allylic oxidation sites excluding steroid dienone is 1. The summed E-state index contributed by atoms with van der Waals surface area (Å²) in [6.45, 7) is 2.95. The zero-order chi connectivity index (χ0) is 13.2. The highest BCUT2D eigenvalue weighted by Crippen LogP contribution is 2.33. The van der Waals surface area contributed by atoms with Crippen molar-refractivity contribution >= 4 is 23.1 Å². The van der Waals surface area contributed by atoms with Crippen LogP contribution in [0, 0.1) is 0 Å². The molecule has 2 nitrogen and oxygen atoms in total. The Balaban J connectivity index is 3.14. The third-order valence-corrected chi connectivity index (χ3v) is 2.44. The van der Waals surface area contributed by atoms with Gasteiger partial charge in [0.05, 0.1) is 16.2 Å². The van der Waals surface area contributed by atoms with Crippen LogP contribution in [0.25, 0.3) is 5.57 Å². The minimum Gasteiger partial charge on any atom is -0.355 e. The number of hydrogen-bond acceptors (Lipinski definition) is 1. The molecule has 6 heteroatoms. The Morgan fingerprint density at radius 2 is 2.00 bits per heavy atom. The Labute approximate surface area is 101 Å². The topological polar surface area (TPSA) is 29.1 Å². The lowest BCUT2D eigenvalue weighted by Crippen LogP contribution is -2.18. The van der Waals surface area contributed by atoms with Crippen molar-refractivity contribution in [3.8, 4) is 0 Å². The summed E-state index contributed by atoms with van der Waals surface area (Å²) in [7, 11) is 1.40. The van der Waals surface area contributed by atoms with Gasteiger partial charge >= 0.3 is 6.18 Å². The fourth-order valence-electron chi connectivity index (χ4n) is 1.19. The number of amides is 1. The quantitative estimate of drug-likeness (QED) is 0.872. The number of carbonyl (C=O) groups excluding carboxylic acids is 1. The third kappa shape index (κ3) is 3.00. The largest absolute Gasteiger partial charge is 0.416 e. The molecule has 1 rings (SSSR count). The second kappa shape index (κ2) is 4.79. The molecular formula is C11H9ClF3NO. The van der Waals surface area contributed by atoms with E-state index in [1.54, 1.807) is 0 Å². The number of nitrogens with one attached hydrogen (secondary N) is 1. The van der Waals surface area contributed by atoms with E-state index in [2.05, 4.69) is 11.9 Å². The van der Waals surface area contributed by atoms with Gasteiger partial charge in [-0.2, -0.15) is 13.2 Å². The minimum atomic E-state index is -4.52. The second-order valence-electron chi connectivity index (χ2n) is 3.25. The number of rotatable bonds is 2. The minimum absolute atomic E-state index is 0.0488. The highest BCUT2D eigenvalue weighted by Gasteiger charge is 2.33. The van der Waals surface area contributed by atoms with Crippen LogP contribution in [0.5, 0.6) is 0 Å². The molecule has 17 heavy (non-hydrogen) atoms. The van der Waals surface area contributed by atoms with Crippen LogP contribution in [0.15, 0.2) is 24.8 Å². The Bertz CT molecular complexity index is 468. The number of benzene rings is 1. The number of halogens is 4. The first kappa shape index (κ1) is 13.6. The maximum atomic E-state index is 12.4. The van der Waals surface area contributed by atoms with Gasteiger partial charge in [0.1, 0.15) is 0 Å². The maximum Gasteiger partial charge on any atom is 0.416 e. The standard InChI is InChI=1S/C11H9ClF3NO/c1-6(11(13,14)15)7-3-4-8(9(12)5-7)10(17)16-2/h3-5H,1H2,2H3,(H,16,17). The molecule has 1 N–H and O–H groups in total. The first-order chi connectivity index (χ1) is 7.77. The van der Waals surface area contributed by atoms with Crippen molar-refractivity contribution in [3.63, 3.8) is 0 Å². The smallest absolute Gasteiger partial charge is 0.355 e. The lowest BCUT2D eigenvalue weighted by molar-refractivity contribution is -0.0686. The van der Waals surface area contributed by atoms with Gasteiger partial charge in [0, 0.05) is 7.05 Å². The molecule has 0 spiro atoms. The van der Waals surface area contributed by atoms with Crippen LogP contribution in [-0.4, -0.2) is 19.1 Å². The molecule has 0 fully saturated rings. The van der Waals surface area contributed by atoms with Crippen LogP contribution in [0.3, 0.4) is 0 Å². The summed E-state index contributed by atoms with van der Waals surface area (Å²) in [5.41, 5.74) is -1.04. The molecule has 0 atom stereocenters. The van der Waals surface area contributed by atoms with E-state index in [0.29, 0.717) is 0 Å². The van der Waals surface area contributed by atoms with Gasteiger partial charge in [-0.3, -0.25) is 4.79 Å². The van der Waals surface area contributed by atoms with Crippen LogP contribution in [-0.2, 0) is 0 Å². The van der Waals surface area contributed by atoms with Crippen molar-refractivity contribution in [2.24, 2.45) is 0 Å². The molecule has 0 bridgehead atoms. The van der Waals surface area contributed by atoms with E-state index < -0.39 is 17.7 Å². The Morgan fingerprint density at radius 3 is 2.41 bits per heavy atom. The van der Waals surface area contributed by atoms with Gasteiger partial charge < -0.3 is 5.32 Å². The predicted molar refractivity (Wildman–Crippen MR) is 59.9 cm³/mol. The van der Waals surface area contributed by atoms with Crippen LogP contribution in [0.1, 0.15) is 15.9 Å². The second-order valence-corrected chi connectivity index (χ2v) is 3.66. The van der Waals surface area contributed by atoms with Gasteiger partial charge in [0.15, 0.2) is 0 Å². The van der Waals surface area contributed by atoms with Crippen molar-refractivity contribution in [2.75, 3.05) is 7.05 Å². The number of hydrogen-bond donors (Lipinski definition) is 1. The lowest BCUT2D eigenvalue weighted by atomic mass is 10.0. The van der Waals surface area contributed by atoms with E-state index >= 15 is 0 Å². The van der Waals surface area contributed by atoms with E-state index in [1.165, 1.54) is 13.1 Å². The zero-order valence-electron chi connectivity index (χ0n) is 8.86. The summed E-state index contributed by atoms with van der Waals surface area (Å²) in [5.74, 6) is -0.459. The molecule has 0 aliphatic rings. The highest BCUT2D eigenvalue weighted by atomic mass is 35.5. The van der Waals surface area contributed by atoms with E-state index in [1.807, 2.05) is 0 Å². The van der Waals surface area contributed by atoms with E-state index in [0.717, 1.165) is 12.1 Å². The highest BCUT2D eigenvalue weighted by molar-refractivity contribution is 6.34. The first-order valence-corrected chi connectivity index (χ1v) is 4.93. The Morgan fingerprint density at radius 1 is 1.41 bits per heavy atom. The van der Waals surface area contributed by atoms with Crippen molar-refractivity contribution in [1.29, 1.82) is 0 Å². The molecule has 1 aromatic carbocycles. The van der Waals surface area contributed by atoms with Crippen LogP contribution >= 0.6 is 11.6 Å². The summed E-state index contributed by atoms with van der Waals surface area (Å²) in [6, 6.07) is 3.46. The van der Waals surface area contributed by atoms with Gasteiger partial charge in [0.2, 0.25) is 0 Å². The van der Waals surface area contributed by atoms with Gasteiger partial charge in [-0.05, 0) is 17.7 Å². The molecule has 0 saturated carbocycles. The van der Waals surface area contributed by atoms with E-state index in [-0.39, 0.29) is 16.1 Å². The fourth-order valence-corrected chi connectivity index (χ4v) is 1.45. The number of carbonyl (C=O) groups is 1. The summed E-state index contributed by atoms with van der Waals surface area (Å²) in [4.78, 5) is 11.3. The monoisotopic (exact) mass is 263 g/mol. The average molecular weight is 264 g/mol.